The zero-order chi connectivity index (χ0) is 13.9. The molecule has 0 N–H and O–H groups in total. The molecule has 0 bridgehead atoms. The molecule has 0 aliphatic rings. The third-order valence-electron chi connectivity index (χ3n) is 2.59. The van der Waals surface area contributed by atoms with E-state index < -0.39 is 5.82 Å². The fourth-order valence-electron chi connectivity index (χ4n) is 1.68. The molecule has 0 aliphatic carbocycles. The number of halogens is 1. The van der Waals surface area contributed by atoms with Crippen LogP contribution in [0, 0.1) is 17.1 Å². The van der Waals surface area contributed by atoms with Gasteiger partial charge in [0.1, 0.15) is 29.5 Å². The van der Waals surface area contributed by atoms with Gasteiger partial charge in [-0.3, -0.25) is 0 Å². The molecule has 20 heavy (non-hydrogen) atoms. The summed E-state index contributed by atoms with van der Waals surface area (Å²) in [6, 6.07) is 7.61. The monoisotopic (exact) mass is 267 g/mol. The Hall–Kier alpha value is -3.14. The van der Waals surface area contributed by atoms with E-state index in [0.29, 0.717) is 5.69 Å². The van der Waals surface area contributed by atoms with Crippen LogP contribution in [0.3, 0.4) is 0 Å². The molecule has 0 radical (unpaired) electrons. The molecule has 1 aromatic carbocycles. The lowest BCUT2D eigenvalue weighted by molar-refractivity contribution is 0.431. The summed E-state index contributed by atoms with van der Waals surface area (Å²) in [5.74, 6) is -0.322. The second-order valence-electron chi connectivity index (χ2n) is 3.79. The van der Waals surface area contributed by atoms with Crippen LogP contribution in [-0.4, -0.2) is 20.1 Å². The Balaban J connectivity index is 2.08. The number of hydrogen-bond donors (Lipinski definition) is 0. The van der Waals surface area contributed by atoms with Crippen molar-refractivity contribution < 1.29 is 8.91 Å². The first-order valence-electron chi connectivity index (χ1n) is 5.58. The lowest BCUT2D eigenvalue weighted by Gasteiger charge is -1.98. The van der Waals surface area contributed by atoms with Gasteiger partial charge in [0.15, 0.2) is 0 Å². The summed E-state index contributed by atoms with van der Waals surface area (Å²) in [6.07, 6.45) is 2.90. The highest BCUT2D eigenvalue weighted by Crippen LogP contribution is 2.25. The highest BCUT2D eigenvalue weighted by atomic mass is 19.1. The molecule has 0 saturated heterocycles. The summed E-state index contributed by atoms with van der Waals surface area (Å²) in [5, 5.41) is 12.7. The van der Waals surface area contributed by atoms with Gasteiger partial charge in [-0.15, -0.1) is 0 Å². The predicted molar refractivity (Wildman–Crippen MR) is 65.4 cm³/mol. The second-order valence-corrected chi connectivity index (χ2v) is 3.79. The SMILES string of the molecule is N#Cc1c(F)cccc1-c1nc(-c2ccncn2)no1. The fraction of sp³-hybridized carbons (Fsp3) is 0. The topological polar surface area (TPSA) is 88.5 Å². The number of rotatable bonds is 2. The Morgan fingerprint density at radius 3 is 2.90 bits per heavy atom. The van der Waals surface area contributed by atoms with Gasteiger partial charge in [-0.25, -0.2) is 14.4 Å². The summed E-state index contributed by atoms with van der Waals surface area (Å²) < 4.78 is 18.6. The van der Waals surface area contributed by atoms with Crippen LogP contribution in [0.1, 0.15) is 5.56 Å². The Morgan fingerprint density at radius 2 is 2.15 bits per heavy atom. The lowest BCUT2D eigenvalue weighted by Crippen LogP contribution is -1.90. The van der Waals surface area contributed by atoms with Gasteiger partial charge in [0.05, 0.1) is 5.56 Å². The predicted octanol–water partition coefficient (Wildman–Crippen LogP) is 2.20. The maximum absolute atomic E-state index is 13.5. The first-order chi connectivity index (χ1) is 9.79. The van der Waals surface area contributed by atoms with Gasteiger partial charge in [0.2, 0.25) is 5.82 Å². The molecular formula is C13H6FN5O. The van der Waals surface area contributed by atoms with Crippen molar-refractivity contribution >= 4 is 0 Å². The minimum absolute atomic E-state index is 0.0645. The third-order valence-corrected chi connectivity index (χ3v) is 2.59. The average Bonchev–Trinajstić information content (AvgIpc) is 2.97. The Kier molecular flexibility index (Phi) is 2.89. The van der Waals surface area contributed by atoms with E-state index in [4.69, 9.17) is 9.78 Å². The molecule has 0 fully saturated rings. The normalized spacial score (nSPS) is 10.2. The molecule has 2 heterocycles. The molecule has 2 aromatic heterocycles. The molecular weight excluding hydrogens is 261 g/mol. The van der Waals surface area contributed by atoms with Crippen LogP contribution in [0.15, 0.2) is 41.3 Å². The molecule has 0 atom stereocenters. The van der Waals surface area contributed by atoms with E-state index in [1.54, 1.807) is 24.4 Å². The number of hydrogen-bond acceptors (Lipinski definition) is 6. The van der Waals surface area contributed by atoms with Crippen LogP contribution in [0.2, 0.25) is 0 Å². The first kappa shape index (κ1) is 11.9. The van der Waals surface area contributed by atoms with Crippen molar-refractivity contribution in [2.24, 2.45) is 0 Å². The van der Waals surface area contributed by atoms with E-state index in [9.17, 15) is 4.39 Å². The Bertz CT molecular complexity index is 794. The molecule has 3 aromatic rings. The number of aromatic nitrogens is 4. The quantitative estimate of drug-likeness (QED) is 0.707. The molecule has 96 valence electrons. The van der Waals surface area contributed by atoms with Crippen LogP contribution in [0.25, 0.3) is 23.0 Å². The van der Waals surface area contributed by atoms with Crippen LogP contribution in [-0.2, 0) is 0 Å². The minimum atomic E-state index is -0.633. The van der Waals surface area contributed by atoms with Crippen LogP contribution in [0.4, 0.5) is 4.39 Å². The van der Waals surface area contributed by atoms with Gasteiger partial charge >= 0.3 is 0 Å². The van der Waals surface area contributed by atoms with Crippen LogP contribution < -0.4 is 0 Å². The highest BCUT2D eigenvalue weighted by molar-refractivity contribution is 5.64. The Morgan fingerprint density at radius 1 is 1.25 bits per heavy atom. The molecule has 0 saturated carbocycles. The van der Waals surface area contributed by atoms with E-state index in [1.807, 2.05) is 0 Å². The lowest BCUT2D eigenvalue weighted by atomic mass is 10.1. The van der Waals surface area contributed by atoms with Crippen molar-refractivity contribution in [3.05, 3.63) is 48.2 Å². The molecule has 6 nitrogen and oxygen atoms in total. The molecule has 0 aliphatic heterocycles. The molecule has 7 heteroatoms. The largest absolute Gasteiger partial charge is 0.334 e. The highest BCUT2D eigenvalue weighted by Gasteiger charge is 2.17. The van der Waals surface area contributed by atoms with E-state index >= 15 is 0 Å². The molecule has 0 unspecified atom stereocenters. The summed E-state index contributed by atoms with van der Waals surface area (Å²) in [5.41, 5.74) is 0.593. The zero-order valence-electron chi connectivity index (χ0n) is 9.99. The second kappa shape index (κ2) is 4.85. The maximum atomic E-state index is 13.5. The van der Waals surface area contributed by atoms with Crippen molar-refractivity contribution in [1.82, 2.24) is 20.1 Å². The number of nitriles is 1. The minimum Gasteiger partial charge on any atom is -0.334 e. The molecule has 3 rings (SSSR count). The van der Waals surface area contributed by atoms with E-state index in [1.165, 1.54) is 18.5 Å². The molecule has 0 spiro atoms. The number of benzene rings is 1. The number of nitrogens with zero attached hydrogens (tertiary/aromatic N) is 5. The smallest absolute Gasteiger partial charge is 0.259 e. The van der Waals surface area contributed by atoms with E-state index in [-0.39, 0.29) is 22.8 Å². The third kappa shape index (κ3) is 1.99. The summed E-state index contributed by atoms with van der Waals surface area (Å²) in [4.78, 5) is 11.9. The van der Waals surface area contributed by atoms with Crippen molar-refractivity contribution in [2.75, 3.05) is 0 Å². The van der Waals surface area contributed by atoms with Crippen molar-refractivity contribution in [1.29, 1.82) is 5.26 Å². The van der Waals surface area contributed by atoms with Gasteiger partial charge in [-0.1, -0.05) is 11.2 Å². The van der Waals surface area contributed by atoms with Crippen molar-refractivity contribution in [3.8, 4) is 29.0 Å². The van der Waals surface area contributed by atoms with Gasteiger partial charge in [-0.2, -0.15) is 10.2 Å². The molecule has 0 amide bonds. The van der Waals surface area contributed by atoms with Gasteiger partial charge in [0, 0.05) is 6.20 Å². The van der Waals surface area contributed by atoms with E-state index in [0.717, 1.165) is 0 Å². The summed E-state index contributed by atoms with van der Waals surface area (Å²) >= 11 is 0. The van der Waals surface area contributed by atoms with Crippen molar-refractivity contribution in [2.45, 2.75) is 0 Å². The zero-order valence-corrected chi connectivity index (χ0v) is 9.99. The summed E-state index contributed by atoms with van der Waals surface area (Å²) in [7, 11) is 0. The summed E-state index contributed by atoms with van der Waals surface area (Å²) in [6.45, 7) is 0. The first-order valence-corrected chi connectivity index (χ1v) is 5.58. The van der Waals surface area contributed by atoms with Gasteiger partial charge in [0.25, 0.3) is 5.89 Å². The standard InChI is InChI=1S/C13H6FN5O/c14-10-3-1-2-8(9(10)6-15)13-18-12(19-20-13)11-4-5-16-7-17-11/h1-5,7H. The van der Waals surface area contributed by atoms with Crippen LogP contribution in [0.5, 0.6) is 0 Å². The fourth-order valence-corrected chi connectivity index (χ4v) is 1.68. The van der Waals surface area contributed by atoms with Gasteiger partial charge in [-0.05, 0) is 18.2 Å². The average molecular weight is 267 g/mol. The van der Waals surface area contributed by atoms with Gasteiger partial charge < -0.3 is 4.52 Å². The maximum Gasteiger partial charge on any atom is 0.259 e. The van der Waals surface area contributed by atoms with Crippen LogP contribution >= 0.6 is 0 Å². The Labute approximate surface area is 112 Å². The van der Waals surface area contributed by atoms with Crippen molar-refractivity contribution in [3.63, 3.8) is 0 Å². The van der Waals surface area contributed by atoms with E-state index in [2.05, 4.69) is 20.1 Å².